The van der Waals surface area contributed by atoms with E-state index in [0.29, 0.717) is 5.56 Å². The van der Waals surface area contributed by atoms with E-state index in [-0.39, 0.29) is 5.76 Å². The van der Waals surface area contributed by atoms with Crippen LogP contribution in [0, 0.1) is 11.3 Å². The molecule has 1 aromatic rings. The molecule has 0 N–H and O–H groups in total. The van der Waals surface area contributed by atoms with Gasteiger partial charge in [-0.3, -0.25) is 0 Å². The largest absolute Gasteiger partial charge is 0.423 e. The maximum Gasteiger partial charge on any atom is 0.343 e. The first-order chi connectivity index (χ1) is 11.5. The lowest BCUT2D eigenvalue weighted by Gasteiger charge is -2.20. The second-order valence-electron chi connectivity index (χ2n) is 5.38. The van der Waals surface area contributed by atoms with E-state index < -0.39 is 17.8 Å². The van der Waals surface area contributed by atoms with Gasteiger partial charge in [0, 0.05) is 0 Å². The summed E-state index contributed by atoms with van der Waals surface area (Å²) in [4.78, 5) is 12.0. The molecule has 0 saturated carbocycles. The normalized spacial score (nSPS) is 22.9. The quantitative estimate of drug-likeness (QED) is 0.595. The van der Waals surface area contributed by atoms with E-state index in [1.807, 2.05) is 25.1 Å². The molecule has 0 saturated heterocycles. The maximum absolute atomic E-state index is 13.7. The Hall–Kier alpha value is -2.74. The van der Waals surface area contributed by atoms with Crippen molar-refractivity contribution in [2.75, 3.05) is 0 Å². The van der Waals surface area contributed by atoms with Gasteiger partial charge < -0.3 is 4.74 Å². The smallest absolute Gasteiger partial charge is 0.343 e. The third kappa shape index (κ3) is 4.17. The molecule has 2 unspecified atom stereocenters. The van der Waals surface area contributed by atoms with Gasteiger partial charge in [0.05, 0.1) is 5.56 Å². The van der Waals surface area contributed by atoms with Gasteiger partial charge in [-0.05, 0) is 55.7 Å². The molecule has 0 radical (unpaired) electrons. The molecule has 0 aliphatic heterocycles. The van der Waals surface area contributed by atoms with Crippen molar-refractivity contribution in [1.82, 2.24) is 0 Å². The number of carbonyl (C=O) groups excluding carboxylic acids is 1. The number of halogens is 2. The van der Waals surface area contributed by atoms with E-state index in [9.17, 15) is 13.6 Å². The molecule has 2 rings (SSSR count). The minimum atomic E-state index is -2.72. The molecule has 0 amide bonds. The van der Waals surface area contributed by atoms with Gasteiger partial charge in [-0.15, -0.1) is 0 Å². The van der Waals surface area contributed by atoms with Crippen molar-refractivity contribution in [3.63, 3.8) is 0 Å². The van der Waals surface area contributed by atoms with Crippen molar-refractivity contribution in [1.29, 1.82) is 5.26 Å². The molecule has 1 aromatic carbocycles. The van der Waals surface area contributed by atoms with Crippen LogP contribution in [-0.2, 0) is 11.2 Å². The lowest BCUT2D eigenvalue weighted by Crippen LogP contribution is -2.32. The predicted molar refractivity (Wildman–Crippen MR) is 86.6 cm³/mol. The fourth-order valence-corrected chi connectivity index (χ4v) is 2.17. The Morgan fingerprint density at radius 2 is 2.12 bits per heavy atom. The van der Waals surface area contributed by atoms with Crippen molar-refractivity contribution >= 4 is 5.97 Å². The minimum absolute atomic E-state index is 0.117. The third-order valence-corrected chi connectivity index (χ3v) is 3.61. The molecule has 0 bridgehead atoms. The fraction of sp³-hybridized carbons (Fsp3) is 0.263. The highest BCUT2D eigenvalue weighted by Crippen LogP contribution is 2.28. The van der Waals surface area contributed by atoms with Gasteiger partial charge in [-0.1, -0.05) is 24.3 Å². The lowest BCUT2D eigenvalue weighted by atomic mass is 9.96. The number of nitriles is 1. The second kappa shape index (κ2) is 7.69. The number of carbonyl (C=O) groups is 1. The summed E-state index contributed by atoms with van der Waals surface area (Å²) in [5.41, 5.74) is -1.32. The number of benzene rings is 1. The molecule has 124 valence electrons. The Morgan fingerprint density at radius 3 is 2.71 bits per heavy atom. The highest BCUT2D eigenvalue weighted by Gasteiger charge is 2.39. The van der Waals surface area contributed by atoms with E-state index in [0.717, 1.165) is 36.6 Å². The standard InChI is InChI=1S/C19H17F2NO2/c1-2-3-4-5-14-6-8-15(9-7-14)18(23)24-16-10-11-19(21,13-22)17(20)12-16/h2-3,6-12,17H,4-5H2,1H3. The minimum Gasteiger partial charge on any atom is -0.423 e. The summed E-state index contributed by atoms with van der Waals surface area (Å²) in [7, 11) is 0. The van der Waals surface area contributed by atoms with Gasteiger partial charge in [-0.2, -0.15) is 5.26 Å². The van der Waals surface area contributed by atoms with Crippen LogP contribution in [0.3, 0.4) is 0 Å². The lowest BCUT2D eigenvalue weighted by molar-refractivity contribution is 0.0625. The summed E-state index contributed by atoms with van der Waals surface area (Å²) in [5, 5.41) is 8.61. The summed E-state index contributed by atoms with van der Waals surface area (Å²) < 4.78 is 32.3. The number of ether oxygens (including phenoxy) is 1. The first kappa shape index (κ1) is 17.6. The second-order valence-corrected chi connectivity index (χ2v) is 5.38. The highest BCUT2D eigenvalue weighted by atomic mass is 19.2. The summed E-state index contributed by atoms with van der Waals surface area (Å²) in [6.07, 6.45) is 6.27. The van der Waals surface area contributed by atoms with Crippen molar-refractivity contribution in [3.05, 3.63) is 71.5 Å². The summed E-state index contributed by atoms with van der Waals surface area (Å²) in [6, 6.07) is 8.15. The third-order valence-electron chi connectivity index (χ3n) is 3.61. The molecule has 3 nitrogen and oxygen atoms in total. The first-order valence-electron chi connectivity index (χ1n) is 7.56. The Kier molecular flexibility index (Phi) is 5.64. The number of esters is 1. The zero-order valence-electron chi connectivity index (χ0n) is 13.2. The molecule has 5 heteroatoms. The highest BCUT2D eigenvalue weighted by molar-refractivity contribution is 5.90. The van der Waals surface area contributed by atoms with E-state index in [1.54, 1.807) is 12.1 Å². The topological polar surface area (TPSA) is 50.1 Å². The number of aryl methyl sites for hydroxylation is 1. The number of nitrogens with zero attached hydrogens (tertiary/aromatic N) is 1. The Morgan fingerprint density at radius 1 is 1.42 bits per heavy atom. The van der Waals surface area contributed by atoms with Crippen molar-refractivity contribution in [3.8, 4) is 6.07 Å². The Balaban J connectivity index is 2.00. The van der Waals surface area contributed by atoms with Crippen LogP contribution in [0.5, 0.6) is 0 Å². The average Bonchev–Trinajstić information content (AvgIpc) is 2.59. The molecule has 2 atom stereocenters. The van der Waals surface area contributed by atoms with Crippen LogP contribution in [0.2, 0.25) is 0 Å². The van der Waals surface area contributed by atoms with Crippen LogP contribution in [0.15, 0.2) is 60.4 Å². The van der Waals surface area contributed by atoms with Crippen molar-refractivity contribution in [2.24, 2.45) is 0 Å². The molecule has 1 aliphatic carbocycles. The van der Waals surface area contributed by atoms with E-state index >= 15 is 0 Å². The Labute approximate surface area is 139 Å². The summed E-state index contributed by atoms with van der Waals surface area (Å²) in [5.74, 6) is -0.783. The SMILES string of the molecule is CC=CCCc1ccc(C(=O)OC2=CC(F)C(F)(C#N)C=C2)cc1. The van der Waals surface area contributed by atoms with E-state index in [1.165, 1.54) is 6.07 Å². The van der Waals surface area contributed by atoms with Crippen molar-refractivity contribution < 1.29 is 18.3 Å². The van der Waals surface area contributed by atoms with Gasteiger partial charge in [0.15, 0.2) is 6.17 Å². The van der Waals surface area contributed by atoms with Gasteiger partial charge in [0.1, 0.15) is 11.8 Å². The van der Waals surface area contributed by atoms with Gasteiger partial charge in [0.25, 0.3) is 0 Å². The summed E-state index contributed by atoms with van der Waals surface area (Å²) >= 11 is 0. The number of hydrogen-bond acceptors (Lipinski definition) is 3. The van der Waals surface area contributed by atoms with Crippen LogP contribution in [0.4, 0.5) is 8.78 Å². The van der Waals surface area contributed by atoms with Crippen LogP contribution in [0.1, 0.15) is 29.3 Å². The van der Waals surface area contributed by atoms with Crippen LogP contribution in [0.25, 0.3) is 0 Å². The zero-order chi connectivity index (χ0) is 17.6. The maximum atomic E-state index is 13.7. The van der Waals surface area contributed by atoms with Gasteiger partial charge >= 0.3 is 5.97 Å². The predicted octanol–water partition coefficient (Wildman–Crippen LogP) is 4.38. The van der Waals surface area contributed by atoms with Crippen LogP contribution >= 0.6 is 0 Å². The fourth-order valence-electron chi connectivity index (χ4n) is 2.17. The number of allylic oxidation sites excluding steroid dienone is 5. The number of alkyl halides is 2. The average molecular weight is 329 g/mol. The number of rotatable bonds is 5. The molecule has 0 heterocycles. The van der Waals surface area contributed by atoms with Crippen molar-refractivity contribution in [2.45, 2.75) is 31.6 Å². The van der Waals surface area contributed by atoms with E-state index in [2.05, 4.69) is 6.08 Å². The van der Waals surface area contributed by atoms with Crippen LogP contribution < -0.4 is 0 Å². The molecule has 0 fully saturated rings. The molecule has 0 aromatic heterocycles. The van der Waals surface area contributed by atoms with Crippen LogP contribution in [-0.4, -0.2) is 17.8 Å². The molecule has 24 heavy (non-hydrogen) atoms. The van der Waals surface area contributed by atoms with Gasteiger partial charge in [0.2, 0.25) is 5.67 Å². The Bertz CT molecular complexity index is 729. The number of hydrogen-bond donors (Lipinski definition) is 0. The molecular weight excluding hydrogens is 312 g/mol. The first-order valence-corrected chi connectivity index (χ1v) is 7.56. The zero-order valence-corrected chi connectivity index (χ0v) is 13.2. The van der Waals surface area contributed by atoms with Gasteiger partial charge in [-0.25, -0.2) is 13.6 Å². The monoisotopic (exact) mass is 329 g/mol. The molecule has 0 spiro atoms. The van der Waals surface area contributed by atoms with E-state index in [4.69, 9.17) is 10.00 Å². The molecule has 1 aliphatic rings. The summed E-state index contributed by atoms with van der Waals surface area (Å²) in [6.45, 7) is 1.96. The molecular formula is C19H17F2NO2.